The largest absolute Gasteiger partial charge is 0.342 e. The summed E-state index contributed by atoms with van der Waals surface area (Å²) in [5.74, 6) is 1.41. The van der Waals surface area contributed by atoms with Crippen molar-refractivity contribution < 1.29 is 4.79 Å². The molecule has 0 bridgehead atoms. The zero-order valence-electron chi connectivity index (χ0n) is 15.6. The van der Waals surface area contributed by atoms with E-state index in [2.05, 4.69) is 28.7 Å². The van der Waals surface area contributed by atoms with Gasteiger partial charge in [0.15, 0.2) is 0 Å². The van der Waals surface area contributed by atoms with E-state index in [1.807, 2.05) is 11.8 Å². The molecule has 138 valence electrons. The summed E-state index contributed by atoms with van der Waals surface area (Å²) in [4.78, 5) is 36.2. The van der Waals surface area contributed by atoms with Crippen molar-refractivity contribution in [1.29, 1.82) is 0 Å². The Kier molecular flexibility index (Phi) is 5.57. The van der Waals surface area contributed by atoms with E-state index in [1.165, 1.54) is 0 Å². The van der Waals surface area contributed by atoms with Crippen LogP contribution < -0.4 is 5.56 Å². The summed E-state index contributed by atoms with van der Waals surface area (Å²) in [7, 11) is 0. The fraction of sp³-hybridized carbons (Fsp3) is 0.737. The highest BCUT2D eigenvalue weighted by molar-refractivity contribution is 5.79. The zero-order chi connectivity index (χ0) is 18.0. The second kappa shape index (κ2) is 7.68. The van der Waals surface area contributed by atoms with E-state index >= 15 is 0 Å². The molecule has 0 unspecified atom stereocenters. The van der Waals surface area contributed by atoms with Crippen molar-refractivity contribution in [1.82, 2.24) is 19.8 Å². The second-order valence-electron chi connectivity index (χ2n) is 7.78. The van der Waals surface area contributed by atoms with E-state index in [9.17, 15) is 9.59 Å². The van der Waals surface area contributed by atoms with Gasteiger partial charge in [-0.25, -0.2) is 4.98 Å². The van der Waals surface area contributed by atoms with Crippen LogP contribution in [0.4, 0.5) is 0 Å². The number of rotatable bonds is 3. The minimum atomic E-state index is -0.0861. The first kappa shape index (κ1) is 18.1. The number of likely N-dealkylation sites (tertiary alicyclic amines) is 2. The highest BCUT2D eigenvalue weighted by atomic mass is 16.2. The number of piperidine rings is 2. The molecular weight excluding hydrogens is 316 g/mol. The molecule has 1 atom stereocenters. The monoisotopic (exact) mass is 346 g/mol. The van der Waals surface area contributed by atoms with Crippen LogP contribution in [0, 0.1) is 12.8 Å². The van der Waals surface area contributed by atoms with Gasteiger partial charge in [-0.3, -0.25) is 9.59 Å². The minimum absolute atomic E-state index is 0.0861. The average Bonchev–Trinajstić information content (AvgIpc) is 2.60. The van der Waals surface area contributed by atoms with Crippen molar-refractivity contribution in [2.75, 3.05) is 26.2 Å². The van der Waals surface area contributed by atoms with Crippen molar-refractivity contribution in [3.05, 3.63) is 27.9 Å². The van der Waals surface area contributed by atoms with Crippen LogP contribution >= 0.6 is 0 Å². The van der Waals surface area contributed by atoms with Crippen molar-refractivity contribution in [2.24, 2.45) is 5.92 Å². The van der Waals surface area contributed by atoms with E-state index < -0.39 is 0 Å². The number of nitrogens with zero attached hydrogens (tertiary/aromatic N) is 3. The van der Waals surface area contributed by atoms with Crippen molar-refractivity contribution in [3.63, 3.8) is 0 Å². The predicted molar refractivity (Wildman–Crippen MR) is 97.6 cm³/mol. The number of amides is 1. The molecule has 0 aliphatic carbocycles. The van der Waals surface area contributed by atoms with Gasteiger partial charge >= 0.3 is 0 Å². The Bertz CT molecular complexity index is 662. The highest BCUT2D eigenvalue weighted by Crippen LogP contribution is 2.28. The van der Waals surface area contributed by atoms with Crippen LogP contribution in [-0.2, 0) is 4.79 Å². The van der Waals surface area contributed by atoms with E-state index in [0.29, 0.717) is 17.8 Å². The first-order chi connectivity index (χ1) is 11.9. The lowest BCUT2D eigenvalue weighted by molar-refractivity contribution is -0.138. The number of nitrogens with one attached hydrogen (secondary N) is 1. The average molecular weight is 346 g/mol. The summed E-state index contributed by atoms with van der Waals surface area (Å²) in [5, 5.41) is 0. The molecule has 2 fully saturated rings. The van der Waals surface area contributed by atoms with Crippen LogP contribution in [0.2, 0.25) is 0 Å². The Hall–Kier alpha value is -1.69. The van der Waals surface area contributed by atoms with Gasteiger partial charge in [-0.05, 0) is 53.0 Å². The van der Waals surface area contributed by atoms with Gasteiger partial charge in [0, 0.05) is 37.7 Å². The molecule has 1 aromatic heterocycles. The number of H-pyrrole nitrogens is 1. The third kappa shape index (κ3) is 4.29. The molecule has 6 heteroatoms. The van der Waals surface area contributed by atoms with Gasteiger partial charge in [0.25, 0.3) is 5.56 Å². The van der Waals surface area contributed by atoms with Gasteiger partial charge in [0.2, 0.25) is 5.91 Å². The maximum absolute atomic E-state index is 12.9. The summed E-state index contributed by atoms with van der Waals surface area (Å²) in [6, 6.07) is 2.11. The Labute approximate surface area is 149 Å². The van der Waals surface area contributed by atoms with E-state index in [4.69, 9.17) is 0 Å². The first-order valence-electron chi connectivity index (χ1n) is 9.54. The molecule has 0 radical (unpaired) electrons. The quantitative estimate of drug-likeness (QED) is 0.908. The Morgan fingerprint density at radius 3 is 2.60 bits per heavy atom. The molecule has 1 aromatic rings. The lowest BCUT2D eigenvalue weighted by atomic mass is 9.90. The number of aryl methyl sites for hydroxylation is 1. The molecule has 2 aliphatic heterocycles. The second-order valence-corrected chi connectivity index (χ2v) is 7.78. The first-order valence-corrected chi connectivity index (χ1v) is 9.54. The number of hydrogen-bond donors (Lipinski definition) is 1. The van der Waals surface area contributed by atoms with E-state index in [1.54, 1.807) is 6.07 Å². The summed E-state index contributed by atoms with van der Waals surface area (Å²) in [6.45, 7) is 9.77. The Morgan fingerprint density at radius 1 is 1.24 bits per heavy atom. The van der Waals surface area contributed by atoms with E-state index in [0.717, 1.165) is 57.6 Å². The molecule has 0 aromatic carbocycles. The van der Waals surface area contributed by atoms with Gasteiger partial charge < -0.3 is 14.8 Å². The zero-order valence-corrected chi connectivity index (χ0v) is 15.6. The smallest absolute Gasteiger partial charge is 0.251 e. The number of aromatic nitrogens is 2. The van der Waals surface area contributed by atoms with Gasteiger partial charge in [-0.1, -0.05) is 0 Å². The summed E-state index contributed by atoms with van der Waals surface area (Å²) >= 11 is 0. The third-order valence-electron chi connectivity index (χ3n) is 5.64. The van der Waals surface area contributed by atoms with Crippen molar-refractivity contribution in [2.45, 2.75) is 58.4 Å². The molecule has 2 saturated heterocycles. The summed E-state index contributed by atoms with van der Waals surface area (Å²) in [6.07, 6.45) is 3.91. The Balaban J connectivity index is 1.58. The fourth-order valence-corrected chi connectivity index (χ4v) is 4.14. The number of carbonyl (C=O) groups excluding carboxylic acids is 1. The standard InChI is InChI=1S/C19H30N4O2/c1-13(2)23-8-4-5-16(12-23)19(25)22-9-6-15(7-10-22)17-11-18(24)21-14(3)20-17/h11,13,15-16H,4-10,12H2,1-3H3,(H,20,21,24)/t16-/m0/s1. The number of carbonyl (C=O) groups is 1. The SMILES string of the molecule is Cc1nc(C2CCN(C(=O)[C@H]3CCCN(C(C)C)C3)CC2)cc(=O)[nH]1. The molecule has 6 nitrogen and oxygen atoms in total. The lowest BCUT2D eigenvalue weighted by Crippen LogP contribution is -2.48. The van der Waals surface area contributed by atoms with E-state index in [-0.39, 0.29) is 17.4 Å². The molecular formula is C19H30N4O2. The fourth-order valence-electron chi connectivity index (χ4n) is 4.14. The van der Waals surface area contributed by atoms with Gasteiger partial charge in [-0.2, -0.15) is 0 Å². The number of hydrogen-bond acceptors (Lipinski definition) is 4. The molecule has 1 N–H and O–H groups in total. The van der Waals surface area contributed by atoms with Crippen LogP contribution in [0.5, 0.6) is 0 Å². The molecule has 3 rings (SSSR count). The maximum atomic E-state index is 12.9. The number of aromatic amines is 1. The van der Waals surface area contributed by atoms with Crippen LogP contribution in [0.1, 0.15) is 57.0 Å². The maximum Gasteiger partial charge on any atom is 0.251 e. The lowest BCUT2D eigenvalue weighted by Gasteiger charge is -2.39. The van der Waals surface area contributed by atoms with Gasteiger partial charge in [0.05, 0.1) is 11.6 Å². The summed E-state index contributed by atoms with van der Waals surface area (Å²) in [5.41, 5.74) is 0.786. The minimum Gasteiger partial charge on any atom is -0.342 e. The third-order valence-corrected chi connectivity index (χ3v) is 5.64. The molecule has 1 amide bonds. The molecule has 0 spiro atoms. The van der Waals surface area contributed by atoms with Crippen LogP contribution in [0.3, 0.4) is 0 Å². The van der Waals surface area contributed by atoms with Crippen LogP contribution in [0.15, 0.2) is 10.9 Å². The molecule has 25 heavy (non-hydrogen) atoms. The normalized spacial score (nSPS) is 23.2. The van der Waals surface area contributed by atoms with Crippen LogP contribution in [-0.4, -0.2) is 57.9 Å². The van der Waals surface area contributed by atoms with Gasteiger partial charge in [-0.15, -0.1) is 0 Å². The van der Waals surface area contributed by atoms with Crippen molar-refractivity contribution in [3.8, 4) is 0 Å². The Morgan fingerprint density at radius 2 is 1.96 bits per heavy atom. The molecule has 3 heterocycles. The molecule has 0 saturated carbocycles. The molecule has 2 aliphatic rings. The highest BCUT2D eigenvalue weighted by Gasteiger charge is 2.32. The summed E-state index contributed by atoms with van der Waals surface area (Å²) < 4.78 is 0. The van der Waals surface area contributed by atoms with Gasteiger partial charge in [0.1, 0.15) is 5.82 Å². The predicted octanol–water partition coefficient (Wildman–Crippen LogP) is 1.90. The topological polar surface area (TPSA) is 69.3 Å². The van der Waals surface area contributed by atoms with Crippen molar-refractivity contribution >= 4 is 5.91 Å². The van der Waals surface area contributed by atoms with Crippen LogP contribution in [0.25, 0.3) is 0 Å².